The first-order valence-corrected chi connectivity index (χ1v) is 7.06. The maximum absolute atomic E-state index is 12.0. The zero-order chi connectivity index (χ0) is 13.1. The molecule has 0 heterocycles. The third-order valence-corrected chi connectivity index (χ3v) is 4.49. The van der Waals surface area contributed by atoms with Gasteiger partial charge in [-0.2, -0.15) is 0 Å². The van der Waals surface area contributed by atoms with Crippen molar-refractivity contribution in [3.8, 4) is 0 Å². The summed E-state index contributed by atoms with van der Waals surface area (Å²) in [6.07, 6.45) is 0. The summed E-state index contributed by atoms with van der Waals surface area (Å²) in [5.74, 6) is -0.0939. The van der Waals surface area contributed by atoms with Gasteiger partial charge in [0.25, 0.3) is 0 Å². The Labute approximate surface area is 103 Å². The molecule has 0 aromatic heterocycles. The normalized spacial score (nSPS) is 13.6. The molecule has 0 radical (unpaired) electrons. The Hall–Kier alpha value is -0.910. The molecule has 0 aliphatic carbocycles. The number of sulfone groups is 1. The van der Waals surface area contributed by atoms with E-state index >= 15 is 0 Å². The van der Waals surface area contributed by atoms with E-state index in [9.17, 15) is 8.42 Å². The summed E-state index contributed by atoms with van der Waals surface area (Å²) in [5.41, 5.74) is 7.71. The van der Waals surface area contributed by atoms with Gasteiger partial charge < -0.3 is 10.5 Å². The quantitative estimate of drug-likeness (QED) is 0.856. The van der Waals surface area contributed by atoms with E-state index in [1.165, 1.54) is 7.11 Å². The summed E-state index contributed by atoms with van der Waals surface area (Å²) in [4.78, 5) is 0.326. The second-order valence-corrected chi connectivity index (χ2v) is 6.28. The molecular formula is C12H19NO3S. The van der Waals surface area contributed by atoms with Gasteiger partial charge >= 0.3 is 0 Å². The molecule has 4 nitrogen and oxygen atoms in total. The van der Waals surface area contributed by atoms with Crippen LogP contribution in [0.25, 0.3) is 0 Å². The van der Waals surface area contributed by atoms with Crippen LogP contribution in [0.1, 0.15) is 11.1 Å². The Kier molecular flexibility index (Phi) is 4.68. The van der Waals surface area contributed by atoms with E-state index in [0.717, 1.165) is 11.1 Å². The van der Waals surface area contributed by atoms with E-state index in [0.29, 0.717) is 4.90 Å². The lowest BCUT2D eigenvalue weighted by Gasteiger charge is -2.12. The maximum Gasteiger partial charge on any atom is 0.179 e. The van der Waals surface area contributed by atoms with Crippen molar-refractivity contribution in [1.82, 2.24) is 0 Å². The first-order chi connectivity index (χ1) is 7.86. The van der Waals surface area contributed by atoms with Gasteiger partial charge in [-0.1, -0.05) is 6.07 Å². The van der Waals surface area contributed by atoms with E-state index in [4.69, 9.17) is 10.5 Å². The number of hydrogen-bond acceptors (Lipinski definition) is 4. The Balaban J connectivity index is 2.93. The highest BCUT2D eigenvalue weighted by molar-refractivity contribution is 7.91. The SMILES string of the molecule is COCC(N)CS(=O)(=O)c1ccc(C)c(C)c1. The fourth-order valence-corrected chi connectivity index (χ4v) is 3.03. The minimum Gasteiger partial charge on any atom is -0.383 e. The number of benzene rings is 1. The Bertz CT molecular complexity index is 483. The monoisotopic (exact) mass is 257 g/mol. The average molecular weight is 257 g/mol. The molecule has 0 saturated carbocycles. The predicted octanol–water partition coefficient (Wildman–Crippen LogP) is 1.05. The van der Waals surface area contributed by atoms with Crippen LogP contribution in [0.15, 0.2) is 23.1 Å². The minimum absolute atomic E-state index is 0.0939. The smallest absolute Gasteiger partial charge is 0.179 e. The molecule has 1 aromatic carbocycles. The summed E-state index contributed by atoms with van der Waals surface area (Å²) < 4.78 is 28.9. The van der Waals surface area contributed by atoms with E-state index in [1.54, 1.807) is 12.1 Å². The van der Waals surface area contributed by atoms with Crippen LogP contribution in [0.4, 0.5) is 0 Å². The van der Waals surface area contributed by atoms with Crippen LogP contribution >= 0.6 is 0 Å². The van der Waals surface area contributed by atoms with Crippen LogP contribution in [0.5, 0.6) is 0 Å². The fraction of sp³-hybridized carbons (Fsp3) is 0.500. The van der Waals surface area contributed by atoms with Gasteiger partial charge in [-0.25, -0.2) is 8.42 Å². The standard InChI is InChI=1S/C12H19NO3S/c1-9-4-5-12(6-10(9)2)17(14,15)8-11(13)7-16-3/h4-6,11H,7-8,13H2,1-3H3. The molecule has 1 rings (SSSR count). The van der Waals surface area contributed by atoms with Crippen LogP contribution in [-0.2, 0) is 14.6 Å². The van der Waals surface area contributed by atoms with Crippen molar-refractivity contribution in [2.75, 3.05) is 19.5 Å². The van der Waals surface area contributed by atoms with Gasteiger partial charge in [0, 0.05) is 13.2 Å². The molecule has 1 unspecified atom stereocenters. The van der Waals surface area contributed by atoms with Crippen molar-refractivity contribution < 1.29 is 13.2 Å². The largest absolute Gasteiger partial charge is 0.383 e. The maximum atomic E-state index is 12.0. The number of ether oxygens (including phenoxy) is 1. The van der Waals surface area contributed by atoms with E-state index < -0.39 is 15.9 Å². The van der Waals surface area contributed by atoms with Gasteiger partial charge in [-0.3, -0.25) is 0 Å². The molecule has 96 valence electrons. The van der Waals surface area contributed by atoms with Crippen LogP contribution in [0.3, 0.4) is 0 Å². The van der Waals surface area contributed by atoms with Crippen LogP contribution < -0.4 is 5.73 Å². The van der Waals surface area contributed by atoms with Crippen molar-refractivity contribution in [1.29, 1.82) is 0 Å². The Morgan fingerprint density at radius 1 is 1.29 bits per heavy atom. The van der Waals surface area contributed by atoms with Crippen LogP contribution in [-0.4, -0.2) is 33.9 Å². The average Bonchev–Trinajstić information content (AvgIpc) is 2.21. The highest BCUT2D eigenvalue weighted by atomic mass is 32.2. The summed E-state index contributed by atoms with van der Waals surface area (Å²) in [6, 6.07) is 4.62. The summed E-state index contributed by atoms with van der Waals surface area (Å²) in [5, 5.41) is 0. The zero-order valence-electron chi connectivity index (χ0n) is 10.4. The number of methoxy groups -OCH3 is 1. The van der Waals surface area contributed by atoms with E-state index in [2.05, 4.69) is 0 Å². The molecule has 0 spiro atoms. The fourth-order valence-electron chi connectivity index (χ4n) is 1.55. The summed E-state index contributed by atoms with van der Waals surface area (Å²) in [7, 11) is -1.82. The number of rotatable bonds is 5. The summed E-state index contributed by atoms with van der Waals surface area (Å²) >= 11 is 0. The molecule has 0 amide bonds. The second kappa shape index (κ2) is 5.62. The van der Waals surface area contributed by atoms with Gasteiger partial charge in [-0.15, -0.1) is 0 Å². The molecule has 17 heavy (non-hydrogen) atoms. The zero-order valence-corrected chi connectivity index (χ0v) is 11.3. The topological polar surface area (TPSA) is 69.4 Å². The van der Waals surface area contributed by atoms with Crippen LogP contribution in [0, 0.1) is 13.8 Å². The number of hydrogen-bond donors (Lipinski definition) is 1. The van der Waals surface area contributed by atoms with Gasteiger partial charge in [0.1, 0.15) is 0 Å². The van der Waals surface area contributed by atoms with Gasteiger partial charge in [0.2, 0.25) is 0 Å². The van der Waals surface area contributed by atoms with Crippen molar-refractivity contribution in [3.05, 3.63) is 29.3 Å². The molecule has 0 fully saturated rings. The molecule has 2 N–H and O–H groups in total. The highest BCUT2D eigenvalue weighted by Gasteiger charge is 2.19. The van der Waals surface area contributed by atoms with Crippen molar-refractivity contribution >= 4 is 9.84 Å². The minimum atomic E-state index is -3.33. The van der Waals surface area contributed by atoms with Gasteiger partial charge in [0.05, 0.1) is 17.3 Å². The number of nitrogens with two attached hydrogens (primary N) is 1. The molecular weight excluding hydrogens is 238 g/mol. The Morgan fingerprint density at radius 3 is 2.47 bits per heavy atom. The lowest BCUT2D eigenvalue weighted by molar-refractivity contribution is 0.186. The Morgan fingerprint density at radius 2 is 1.94 bits per heavy atom. The van der Waals surface area contributed by atoms with Crippen molar-refractivity contribution in [2.45, 2.75) is 24.8 Å². The lowest BCUT2D eigenvalue weighted by Crippen LogP contribution is -2.33. The van der Waals surface area contributed by atoms with Crippen molar-refractivity contribution in [2.24, 2.45) is 5.73 Å². The summed E-state index contributed by atoms with van der Waals surface area (Å²) in [6.45, 7) is 4.08. The lowest BCUT2D eigenvalue weighted by atomic mass is 10.1. The predicted molar refractivity (Wildman–Crippen MR) is 67.8 cm³/mol. The molecule has 0 saturated heterocycles. The number of aryl methyl sites for hydroxylation is 2. The van der Waals surface area contributed by atoms with Gasteiger partial charge in [-0.05, 0) is 37.1 Å². The van der Waals surface area contributed by atoms with Crippen molar-refractivity contribution in [3.63, 3.8) is 0 Å². The van der Waals surface area contributed by atoms with E-state index in [1.807, 2.05) is 19.9 Å². The molecule has 0 aliphatic heterocycles. The van der Waals surface area contributed by atoms with Crippen LogP contribution in [0.2, 0.25) is 0 Å². The third kappa shape index (κ3) is 3.80. The molecule has 5 heteroatoms. The second-order valence-electron chi connectivity index (χ2n) is 4.24. The molecule has 0 bridgehead atoms. The molecule has 1 aromatic rings. The molecule has 1 atom stereocenters. The highest BCUT2D eigenvalue weighted by Crippen LogP contribution is 2.16. The first-order valence-electron chi connectivity index (χ1n) is 5.41. The first kappa shape index (κ1) is 14.2. The van der Waals surface area contributed by atoms with Gasteiger partial charge in [0.15, 0.2) is 9.84 Å². The third-order valence-electron chi connectivity index (χ3n) is 2.65. The molecule has 0 aliphatic rings. The van der Waals surface area contributed by atoms with E-state index in [-0.39, 0.29) is 12.4 Å².